The summed E-state index contributed by atoms with van der Waals surface area (Å²) in [6.45, 7) is 6.83. The molecule has 0 amide bonds. The van der Waals surface area contributed by atoms with E-state index in [4.69, 9.17) is 9.90 Å². The van der Waals surface area contributed by atoms with Gasteiger partial charge in [0.15, 0.2) is 0 Å². The van der Waals surface area contributed by atoms with Crippen LogP contribution in [-0.2, 0) is 4.79 Å². The van der Waals surface area contributed by atoms with E-state index in [-0.39, 0.29) is 0 Å². The first kappa shape index (κ1) is 13.2. The Morgan fingerprint density at radius 3 is 2.09 bits per heavy atom. The van der Waals surface area contributed by atoms with Gasteiger partial charge in [0.2, 0.25) is 0 Å². The highest BCUT2D eigenvalue weighted by Crippen LogP contribution is 2.06. The molecule has 0 aromatic carbocycles. The third-order valence-corrected chi connectivity index (χ3v) is 1.44. The number of aliphatic hydroxyl groups excluding tert-OH is 1. The maximum atomic E-state index is 8.43. The predicted octanol–water partition coefficient (Wildman–Crippen LogP) is 2.01. The Balaban J connectivity index is 0. The molecule has 2 heteroatoms. The first-order chi connectivity index (χ1) is 5.27. The molecule has 2 nitrogen and oxygen atoms in total. The molecule has 0 aliphatic carbocycles. The van der Waals surface area contributed by atoms with E-state index < -0.39 is 0 Å². The molecule has 0 spiro atoms. The summed E-state index contributed by atoms with van der Waals surface area (Å²) >= 11 is 0. The number of aliphatic hydroxyl groups is 1. The molecular formula is C9H20O2. The molecule has 0 saturated heterocycles. The molecule has 0 aliphatic rings. The van der Waals surface area contributed by atoms with E-state index in [1.54, 1.807) is 0 Å². The summed E-state index contributed by atoms with van der Waals surface area (Å²) in [6, 6.07) is 0. The summed E-state index contributed by atoms with van der Waals surface area (Å²) in [6.07, 6.45) is 4.75. The molecule has 0 radical (unpaired) electrons. The van der Waals surface area contributed by atoms with E-state index >= 15 is 0 Å². The summed E-state index contributed by atoms with van der Waals surface area (Å²) in [4.78, 5) is 8.00. The quantitative estimate of drug-likeness (QED) is 0.625. The highest BCUT2D eigenvalue weighted by molar-refractivity contribution is 5.10. The fourth-order valence-electron chi connectivity index (χ4n) is 0.841. The molecule has 0 aromatic heterocycles. The summed E-state index contributed by atoms with van der Waals surface area (Å²) < 4.78 is 0. The van der Waals surface area contributed by atoms with E-state index in [1.165, 1.54) is 19.3 Å². The monoisotopic (exact) mass is 160 g/mol. The number of carbonyl (C=O) groups is 1. The maximum absolute atomic E-state index is 8.43. The van der Waals surface area contributed by atoms with Crippen LogP contribution in [0.2, 0.25) is 0 Å². The zero-order valence-electron chi connectivity index (χ0n) is 7.68. The zero-order valence-corrected chi connectivity index (χ0v) is 7.68. The van der Waals surface area contributed by atoms with E-state index in [9.17, 15) is 0 Å². The Hall–Kier alpha value is -0.370. The lowest BCUT2D eigenvalue weighted by molar-refractivity contribution is -0.0979. The Bertz CT molecular complexity index is 62.6. The fraction of sp³-hybridized carbons (Fsp3) is 0.889. The van der Waals surface area contributed by atoms with Crippen LogP contribution in [0.5, 0.6) is 0 Å². The summed E-state index contributed by atoms with van der Waals surface area (Å²) in [7, 11) is 0. The molecule has 0 heterocycles. The van der Waals surface area contributed by atoms with Gasteiger partial charge in [-0.05, 0) is 12.3 Å². The molecule has 0 saturated carbocycles. The molecule has 0 aromatic rings. The van der Waals surface area contributed by atoms with Gasteiger partial charge in [0.25, 0.3) is 0 Å². The minimum Gasteiger partial charge on any atom is -0.396 e. The van der Waals surface area contributed by atoms with Gasteiger partial charge in [0.1, 0.15) is 6.79 Å². The highest BCUT2D eigenvalue weighted by Gasteiger charge is 1.92. The Kier molecular flexibility index (Phi) is 14.8. The lowest BCUT2D eigenvalue weighted by Gasteiger charge is -2.01. The van der Waals surface area contributed by atoms with Crippen molar-refractivity contribution in [2.75, 3.05) is 6.61 Å². The minimum absolute atomic E-state index is 0.359. The molecule has 0 aliphatic heterocycles. The Morgan fingerprint density at radius 2 is 1.73 bits per heavy atom. The van der Waals surface area contributed by atoms with Crippen LogP contribution in [-0.4, -0.2) is 18.5 Å². The van der Waals surface area contributed by atoms with Gasteiger partial charge in [0.05, 0.1) is 0 Å². The SMILES string of the molecule is C=O.CC(C)CCCCCO. The number of hydrogen-bond donors (Lipinski definition) is 1. The standard InChI is InChI=1S/C8H18O.CH2O/c1-8(2)6-4-3-5-7-9;1-2/h8-9H,3-7H2,1-2H3;1H2. The van der Waals surface area contributed by atoms with Gasteiger partial charge in [-0.25, -0.2) is 0 Å². The molecule has 1 N–H and O–H groups in total. The van der Waals surface area contributed by atoms with Crippen molar-refractivity contribution in [3.05, 3.63) is 0 Å². The van der Waals surface area contributed by atoms with Crippen molar-refractivity contribution in [2.24, 2.45) is 5.92 Å². The molecular weight excluding hydrogens is 140 g/mol. The average molecular weight is 160 g/mol. The van der Waals surface area contributed by atoms with Crippen LogP contribution in [0.15, 0.2) is 0 Å². The van der Waals surface area contributed by atoms with Crippen molar-refractivity contribution in [3.63, 3.8) is 0 Å². The van der Waals surface area contributed by atoms with Crippen LogP contribution in [0.4, 0.5) is 0 Å². The maximum Gasteiger partial charge on any atom is 0.106 e. The molecule has 0 bridgehead atoms. The molecule has 68 valence electrons. The van der Waals surface area contributed by atoms with Gasteiger partial charge < -0.3 is 9.90 Å². The second-order valence-corrected chi connectivity index (χ2v) is 2.97. The lowest BCUT2D eigenvalue weighted by atomic mass is 10.1. The first-order valence-corrected chi connectivity index (χ1v) is 4.17. The molecule has 0 unspecified atom stereocenters. The Morgan fingerprint density at radius 1 is 1.18 bits per heavy atom. The third kappa shape index (κ3) is 17.7. The van der Waals surface area contributed by atoms with Crippen LogP contribution in [0.1, 0.15) is 39.5 Å². The van der Waals surface area contributed by atoms with Crippen LogP contribution >= 0.6 is 0 Å². The van der Waals surface area contributed by atoms with Crippen molar-refractivity contribution in [2.45, 2.75) is 39.5 Å². The van der Waals surface area contributed by atoms with Crippen LogP contribution in [0.25, 0.3) is 0 Å². The van der Waals surface area contributed by atoms with Gasteiger partial charge >= 0.3 is 0 Å². The smallest absolute Gasteiger partial charge is 0.106 e. The van der Waals surface area contributed by atoms with Crippen molar-refractivity contribution in [1.29, 1.82) is 0 Å². The van der Waals surface area contributed by atoms with Crippen LogP contribution in [0, 0.1) is 5.92 Å². The van der Waals surface area contributed by atoms with E-state index in [0.29, 0.717) is 6.61 Å². The zero-order chi connectivity index (χ0) is 9.11. The predicted molar refractivity (Wildman–Crippen MR) is 47.5 cm³/mol. The van der Waals surface area contributed by atoms with Crippen molar-refractivity contribution in [1.82, 2.24) is 0 Å². The van der Waals surface area contributed by atoms with Gasteiger partial charge in [-0.15, -0.1) is 0 Å². The van der Waals surface area contributed by atoms with Crippen molar-refractivity contribution in [3.8, 4) is 0 Å². The molecule has 11 heavy (non-hydrogen) atoms. The minimum atomic E-state index is 0.359. The largest absolute Gasteiger partial charge is 0.396 e. The third-order valence-electron chi connectivity index (χ3n) is 1.44. The second-order valence-electron chi connectivity index (χ2n) is 2.97. The summed E-state index contributed by atoms with van der Waals surface area (Å²) in [5, 5.41) is 8.43. The second kappa shape index (κ2) is 12.3. The van der Waals surface area contributed by atoms with Gasteiger partial charge in [-0.3, -0.25) is 0 Å². The highest BCUT2D eigenvalue weighted by atomic mass is 16.2. The first-order valence-electron chi connectivity index (χ1n) is 4.17. The van der Waals surface area contributed by atoms with E-state index in [0.717, 1.165) is 12.3 Å². The molecule has 0 atom stereocenters. The molecule has 0 fully saturated rings. The fourth-order valence-corrected chi connectivity index (χ4v) is 0.841. The van der Waals surface area contributed by atoms with Crippen molar-refractivity contribution >= 4 is 6.79 Å². The van der Waals surface area contributed by atoms with Crippen LogP contribution in [0.3, 0.4) is 0 Å². The summed E-state index contributed by atoms with van der Waals surface area (Å²) in [5.41, 5.74) is 0. The number of hydrogen-bond acceptors (Lipinski definition) is 2. The lowest BCUT2D eigenvalue weighted by Crippen LogP contribution is -1.88. The number of rotatable bonds is 5. The number of unbranched alkanes of at least 4 members (excludes halogenated alkanes) is 2. The Labute approximate surface area is 69.6 Å². The molecule has 0 rings (SSSR count). The average Bonchev–Trinajstić information content (AvgIpc) is 2.02. The van der Waals surface area contributed by atoms with Gasteiger partial charge in [0, 0.05) is 6.61 Å². The topological polar surface area (TPSA) is 37.3 Å². The van der Waals surface area contributed by atoms with E-state index in [1.807, 2.05) is 6.79 Å². The van der Waals surface area contributed by atoms with Crippen LogP contribution < -0.4 is 0 Å². The summed E-state index contributed by atoms with van der Waals surface area (Å²) in [5.74, 6) is 0.823. The van der Waals surface area contributed by atoms with Gasteiger partial charge in [-0.1, -0.05) is 33.1 Å². The van der Waals surface area contributed by atoms with Crippen molar-refractivity contribution < 1.29 is 9.90 Å². The van der Waals surface area contributed by atoms with E-state index in [2.05, 4.69) is 13.8 Å². The normalized spacial score (nSPS) is 9.09. The number of carbonyl (C=O) groups excluding carboxylic acids is 1. The van der Waals surface area contributed by atoms with Gasteiger partial charge in [-0.2, -0.15) is 0 Å².